The van der Waals surface area contributed by atoms with Gasteiger partial charge in [0.15, 0.2) is 5.76 Å². The van der Waals surface area contributed by atoms with Gasteiger partial charge in [0.2, 0.25) is 0 Å². The van der Waals surface area contributed by atoms with E-state index in [9.17, 15) is 4.79 Å². The standard InChI is InChI=1S/C21H18N4O2/c26-21(19-6-3-13-27-19)22-15-7-9-16(10-8-15)24-11-12-25-18-5-2-1-4-17(18)23-20(25)14-24/h1-10,13H,11-12,14H2,(H,22,26). The molecular weight excluding hydrogens is 340 g/mol. The van der Waals surface area contributed by atoms with E-state index >= 15 is 0 Å². The number of benzene rings is 2. The molecule has 0 bridgehead atoms. The van der Waals surface area contributed by atoms with Gasteiger partial charge in [-0.15, -0.1) is 0 Å². The summed E-state index contributed by atoms with van der Waals surface area (Å²) in [5.74, 6) is 1.13. The highest BCUT2D eigenvalue weighted by Crippen LogP contribution is 2.25. The first kappa shape index (κ1) is 15.7. The average Bonchev–Trinajstić information content (AvgIpc) is 3.36. The van der Waals surface area contributed by atoms with Gasteiger partial charge in [-0.05, 0) is 48.5 Å². The number of furan rings is 1. The number of anilines is 2. The van der Waals surface area contributed by atoms with Crippen molar-refractivity contribution < 1.29 is 9.21 Å². The van der Waals surface area contributed by atoms with Gasteiger partial charge in [0.25, 0.3) is 5.91 Å². The lowest BCUT2D eigenvalue weighted by Gasteiger charge is -2.30. The van der Waals surface area contributed by atoms with Crippen LogP contribution in [-0.2, 0) is 13.1 Å². The van der Waals surface area contributed by atoms with E-state index in [1.807, 2.05) is 30.3 Å². The third kappa shape index (κ3) is 2.85. The maximum atomic E-state index is 12.1. The zero-order valence-electron chi connectivity index (χ0n) is 14.6. The molecule has 6 nitrogen and oxygen atoms in total. The topological polar surface area (TPSA) is 63.3 Å². The van der Waals surface area contributed by atoms with Crippen molar-refractivity contribution in [3.63, 3.8) is 0 Å². The van der Waals surface area contributed by atoms with Gasteiger partial charge >= 0.3 is 0 Å². The van der Waals surface area contributed by atoms with Crippen molar-refractivity contribution in [2.75, 3.05) is 16.8 Å². The van der Waals surface area contributed by atoms with Crippen LogP contribution >= 0.6 is 0 Å². The smallest absolute Gasteiger partial charge is 0.291 e. The van der Waals surface area contributed by atoms with Crippen LogP contribution < -0.4 is 10.2 Å². The SMILES string of the molecule is O=C(Nc1ccc(N2CCn3c(nc4ccccc43)C2)cc1)c1ccco1. The number of carbonyl (C=O) groups excluding carboxylic acids is 1. The highest BCUT2D eigenvalue weighted by atomic mass is 16.3. The number of fused-ring (bicyclic) bond motifs is 3. The van der Waals surface area contributed by atoms with E-state index in [0.29, 0.717) is 5.76 Å². The molecule has 6 heteroatoms. The molecule has 0 unspecified atom stereocenters. The Morgan fingerprint density at radius 1 is 1.00 bits per heavy atom. The number of amides is 1. The molecule has 1 aliphatic rings. The molecule has 0 spiro atoms. The molecule has 0 radical (unpaired) electrons. The van der Waals surface area contributed by atoms with Gasteiger partial charge in [-0.1, -0.05) is 12.1 Å². The minimum atomic E-state index is -0.251. The summed E-state index contributed by atoms with van der Waals surface area (Å²) in [4.78, 5) is 19.1. The van der Waals surface area contributed by atoms with E-state index in [1.54, 1.807) is 12.1 Å². The lowest BCUT2D eigenvalue weighted by atomic mass is 10.2. The predicted octanol–water partition coefficient (Wildman–Crippen LogP) is 3.90. The molecule has 0 fully saturated rings. The predicted molar refractivity (Wildman–Crippen MR) is 104 cm³/mol. The zero-order chi connectivity index (χ0) is 18.2. The minimum Gasteiger partial charge on any atom is -0.459 e. The van der Waals surface area contributed by atoms with E-state index in [0.717, 1.165) is 42.4 Å². The first-order valence-corrected chi connectivity index (χ1v) is 8.92. The first-order valence-electron chi connectivity index (χ1n) is 8.92. The molecule has 3 heterocycles. The Balaban J connectivity index is 1.33. The van der Waals surface area contributed by atoms with E-state index < -0.39 is 0 Å². The third-order valence-corrected chi connectivity index (χ3v) is 4.89. The maximum absolute atomic E-state index is 12.1. The summed E-state index contributed by atoms with van der Waals surface area (Å²) in [6, 6.07) is 19.5. The van der Waals surface area contributed by atoms with Crippen LogP contribution in [0.3, 0.4) is 0 Å². The Labute approximate surface area is 156 Å². The second-order valence-electron chi connectivity index (χ2n) is 6.57. The van der Waals surface area contributed by atoms with Gasteiger partial charge in [0, 0.05) is 24.5 Å². The lowest BCUT2D eigenvalue weighted by molar-refractivity contribution is 0.0996. The molecule has 5 rings (SSSR count). The Hall–Kier alpha value is -3.54. The number of rotatable bonds is 3. The van der Waals surface area contributed by atoms with Crippen LogP contribution in [0.4, 0.5) is 11.4 Å². The van der Waals surface area contributed by atoms with Gasteiger partial charge in [-0.25, -0.2) is 4.98 Å². The van der Waals surface area contributed by atoms with Gasteiger partial charge in [-0.3, -0.25) is 4.79 Å². The monoisotopic (exact) mass is 358 g/mol. The second-order valence-corrected chi connectivity index (χ2v) is 6.57. The first-order chi connectivity index (χ1) is 13.3. The summed E-state index contributed by atoms with van der Waals surface area (Å²) in [7, 11) is 0. The van der Waals surface area contributed by atoms with Crippen LogP contribution in [0.15, 0.2) is 71.3 Å². The quantitative estimate of drug-likeness (QED) is 0.603. The van der Waals surface area contributed by atoms with Crippen molar-refractivity contribution >= 4 is 28.3 Å². The number of para-hydroxylation sites is 2. The maximum Gasteiger partial charge on any atom is 0.291 e. The van der Waals surface area contributed by atoms with Crippen molar-refractivity contribution in [3.8, 4) is 0 Å². The van der Waals surface area contributed by atoms with Crippen LogP contribution in [0.5, 0.6) is 0 Å². The normalized spacial score (nSPS) is 13.6. The van der Waals surface area contributed by atoms with E-state index in [-0.39, 0.29) is 5.91 Å². The summed E-state index contributed by atoms with van der Waals surface area (Å²) in [5.41, 5.74) is 4.10. The highest BCUT2D eigenvalue weighted by Gasteiger charge is 2.20. The molecule has 4 aromatic rings. The van der Waals surface area contributed by atoms with Crippen molar-refractivity contribution in [2.45, 2.75) is 13.1 Å². The summed E-state index contributed by atoms with van der Waals surface area (Å²) in [5, 5.41) is 2.84. The average molecular weight is 358 g/mol. The lowest BCUT2D eigenvalue weighted by Crippen LogP contribution is -2.33. The highest BCUT2D eigenvalue weighted by molar-refractivity contribution is 6.02. The molecule has 1 N–H and O–H groups in total. The molecule has 1 amide bonds. The molecular formula is C21H18N4O2. The Kier molecular flexibility index (Phi) is 3.67. The number of carbonyl (C=O) groups is 1. The molecule has 1 aliphatic heterocycles. The zero-order valence-corrected chi connectivity index (χ0v) is 14.6. The number of imidazole rings is 1. The van der Waals surface area contributed by atoms with Gasteiger partial charge in [0.1, 0.15) is 5.82 Å². The van der Waals surface area contributed by atoms with Crippen LogP contribution in [0.25, 0.3) is 11.0 Å². The Bertz CT molecular complexity index is 1100. The van der Waals surface area contributed by atoms with Gasteiger partial charge in [-0.2, -0.15) is 0 Å². The Morgan fingerprint density at radius 2 is 1.85 bits per heavy atom. The van der Waals surface area contributed by atoms with Crippen molar-refractivity contribution in [1.82, 2.24) is 9.55 Å². The fourth-order valence-corrected chi connectivity index (χ4v) is 3.54. The summed E-state index contributed by atoms with van der Waals surface area (Å²) < 4.78 is 7.41. The largest absolute Gasteiger partial charge is 0.459 e. The molecule has 2 aromatic heterocycles. The van der Waals surface area contributed by atoms with Crippen molar-refractivity contribution in [2.24, 2.45) is 0 Å². The fraction of sp³-hybridized carbons (Fsp3) is 0.143. The fourth-order valence-electron chi connectivity index (χ4n) is 3.54. The van der Waals surface area contributed by atoms with Crippen LogP contribution in [0, 0.1) is 0 Å². The number of nitrogens with one attached hydrogen (secondary N) is 1. The Morgan fingerprint density at radius 3 is 2.67 bits per heavy atom. The number of aromatic nitrogens is 2. The van der Waals surface area contributed by atoms with Crippen molar-refractivity contribution in [1.29, 1.82) is 0 Å². The molecule has 134 valence electrons. The van der Waals surface area contributed by atoms with Crippen molar-refractivity contribution in [3.05, 3.63) is 78.5 Å². The summed E-state index contributed by atoms with van der Waals surface area (Å²) in [6.07, 6.45) is 1.49. The number of hydrogen-bond acceptors (Lipinski definition) is 4. The van der Waals surface area contributed by atoms with Crippen LogP contribution in [-0.4, -0.2) is 22.0 Å². The molecule has 0 saturated heterocycles. The molecule has 2 aromatic carbocycles. The molecule has 0 atom stereocenters. The molecule has 0 aliphatic carbocycles. The van der Waals surface area contributed by atoms with E-state index in [1.165, 1.54) is 11.8 Å². The van der Waals surface area contributed by atoms with E-state index in [2.05, 4.69) is 33.0 Å². The molecule has 27 heavy (non-hydrogen) atoms. The van der Waals surface area contributed by atoms with Gasteiger partial charge < -0.3 is 19.2 Å². The summed E-state index contributed by atoms with van der Waals surface area (Å²) in [6.45, 7) is 2.60. The van der Waals surface area contributed by atoms with Crippen LogP contribution in [0.2, 0.25) is 0 Å². The van der Waals surface area contributed by atoms with E-state index in [4.69, 9.17) is 9.40 Å². The third-order valence-electron chi connectivity index (χ3n) is 4.89. The van der Waals surface area contributed by atoms with Crippen LogP contribution in [0.1, 0.15) is 16.4 Å². The summed E-state index contributed by atoms with van der Waals surface area (Å²) >= 11 is 0. The number of hydrogen-bond donors (Lipinski definition) is 1. The molecule has 0 saturated carbocycles. The second kappa shape index (κ2) is 6.32. The van der Waals surface area contributed by atoms with Gasteiger partial charge in [0.05, 0.1) is 23.8 Å². The minimum absolute atomic E-state index is 0.251. The number of nitrogens with zero attached hydrogens (tertiary/aromatic N) is 3.